The van der Waals surface area contributed by atoms with Crippen LogP contribution in [-0.2, 0) is 17.8 Å². The van der Waals surface area contributed by atoms with Gasteiger partial charge in [-0.3, -0.25) is 9.69 Å². The zero-order valence-electron chi connectivity index (χ0n) is 16.2. The molecule has 3 rings (SSSR count). The van der Waals surface area contributed by atoms with Crippen LogP contribution in [0.25, 0.3) is 0 Å². The molecule has 1 aliphatic heterocycles. The van der Waals surface area contributed by atoms with Gasteiger partial charge in [-0.05, 0) is 41.8 Å². The van der Waals surface area contributed by atoms with Crippen LogP contribution in [0.2, 0.25) is 0 Å². The molecule has 0 unspecified atom stereocenters. The Morgan fingerprint density at radius 3 is 2.41 bits per heavy atom. The molecule has 0 bridgehead atoms. The molecule has 0 radical (unpaired) electrons. The van der Waals surface area contributed by atoms with E-state index >= 15 is 0 Å². The third kappa shape index (κ3) is 4.71. The highest BCUT2D eigenvalue weighted by Crippen LogP contribution is 2.33. The van der Waals surface area contributed by atoms with Crippen LogP contribution >= 0.6 is 0 Å². The van der Waals surface area contributed by atoms with Crippen LogP contribution in [0.4, 0.5) is 11.4 Å². The van der Waals surface area contributed by atoms with Crippen LogP contribution in [0.3, 0.4) is 0 Å². The molecule has 0 aromatic heterocycles. The minimum absolute atomic E-state index is 0.0683. The van der Waals surface area contributed by atoms with Crippen molar-refractivity contribution in [2.24, 2.45) is 0 Å². The first kappa shape index (κ1) is 19.0. The molecule has 2 aromatic rings. The van der Waals surface area contributed by atoms with Gasteiger partial charge in [0.15, 0.2) is 11.5 Å². The Kier molecular flexibility index (Phi) is 6.19. The molecule has 2 N–H and O–H groups in total. The average molecular weight is 369 g/mol. The van der Waals surface area contributed by atoms with E-state index < -0.39 is 0 Å². The lowest BCUT2D eigenvalue weighted by Crippen LogP contribution is -2.34. The number of fused-ring (bicyclic) bond motifs is 1. The Bertz CT molecular complexity index is 807. The van der Waals surface area contributed by atoms with Crippen LogP contribution in [0, 0.1) is 0 Å². The van der Waals surface area contributed by atoms with E-state index in [0.717, 1.165) is 55.5 Å². The van der Waals surface area contributed by atoms with Crippen molar-refractivity contribution in [3.63, 3.8) is 0 Å². The number of hydrogen-bond acceptors (Lipinski definition) is 5. The lowest BCUT2D eigenvalue weighted by molar-refractivity contribution is -0.114. The van der Waals surface area contributed by atoms with Crippen LogP contribution in [0.5, 0.6) is 11.5 Å². The van der Waals surface area contributed by atoms with Crippen molar-refractivity contribution in [3.8, 4) is 11.5 Å². The van der Waals surface area contributed by atoms with Gasteiger partial charge >= 0.3 is 0 Å². The summed E-state index contributed by atoms with van der Waals surface area (Å²) in [5, 5.41) is 6.29. The van der Waals surface area contributed by atoms with Gasteiger partial charge in [-0.1, -0.05) is 12.1 Å². The number of methoxy groups -OCH3 is 2. The lowest BCUT2D eigenvalue weighted by atomic mass is 9.99. The van der Waals surface area contributed by atoms with Gasteiger partial charge in [0.1, 0.15) is 0 Å². The summed E-state index contributed by atoms with van der Waals surface area (Å²) in [6, 6.07) is 11.9. The molecule has 2 aromatic carbocycles. The molecule has 0 fully saturated rings. The third-order valence-corrected chi connectivity index (χ3v) is 4.78. The second-order valence-corrected chi connectivity index (χ2v) is 6.66. The number of anilines is 2. The maximum atomic E-state index is 11.3. The highest BCUT2D eigenvalue weighted by atomic mass is 16.5. The van der Waals surface area contributed by atoms with E-state index in [1.165, 1.54) is 18.1 Å². The van der Waals surface area contributed by atoms with Crippen molar-refractivity contribution in [3.05, 3.63) is 47.5 Å². The van der Waals surface area contributed by atoms with Gasteiger partial charge in [0.2, 0.25) is 5.91 Å². The molecule has 1 amide bonds. The number of para-hydroxylation sites is 2. The number of benzene rings is 2. The van der Waals surface area contributed by atoms with Crippen molar-refractivity contribution < 1.29 is 14.3 Å². The van der Waals surface area contributed by atoms with E-state index in [0.29, 0.717) is 0 Å². The number of nitrogens with one attached hydrogen (secondary N) is 2. The summed E-state index contributed by atoms with van der Waals surface area (Å²) in [6.07, 6.45) is 0.998. The van der Waals surface area contributed by atoms with Crippen molar-refractivity contribution in [2.75, 3.05) is 44.5 Å². The van der Waals surface area contributed by atoms with E-state index in [-0.39, 0.29) is 5.91 Å². The molecule has 1 aliphatic rings. The van der Waals surface area contributed by atoms with E-state index in [2.05, 4.69) is 27.7 Å². The Hall–Kier alpha value is -2.73. The smallest absolute Gasteiger partial charge is 0.221 e. The maximum absolute atomic E-state index is 11.3. The molecular weight excluding hydrogens is 342 g/mol. The standard InChI is InChI=1S/C21H27N3O3/c1-15(25)23-19-7-5-4-6-18(19)22-9-11-24-10-8-16-12-20(26-2)21(27-3)13-17(16)14-24/h4-7,12-13,22H,8-11,14H2,1-3H3,(H,23,25). The maximum Gasteiger partial charge on any atom is 0.221 e. The van der Waals surface area contributed by atoms with Gasteiger partial charge in [0.25, 0.3) is 0 Å². The summed E-state index contributed by atoms with van der Waals surface area (Å²) in [7, 11) is 3.34. The SMILES string of the molecule is COc1cc2c(cc1OC)CN(CCNc1ccccc1NC(C)=O)CC2. The number of carbonyl (C=O) groups is 1. The fourth-order valence-electron chi connectivity index (χ4n) is 3.42. The highest BCUT2D eigenvalue weighted by Gasteiger charge is 2.19. The fourth-order valence-corrected chi connectivity index (χ4v) is 3.42. The summed E-state index contributed by atoms with van der Waals surface area (Å²) in [5.74, 6) is 1.50. The molecular formula is C21H27N3O3. The first-order valence-corrected chi connectivity index (χ1v) is 9.17. The predicted molar refractivity (Wildman–Crippen MR) is 108 cm³/mol. The number of rotatable bonds is 7. The molecule has 6 nitrogen and oxygen atoms in total. The molecule has 27 heavy (non-hydrogen) atoms. The van der Waals surface area contributed by atoms with Gasteiger partial charge in [-0.15, -0.1) is 0 Å². The predicted octanol–water partition coefficient (Wildman–Crippen LogP) is 3.13. The Balaban J connectivity index is 1.59. The number of nitrogens with zero attached hydrogens (tertiary/aromatic N) is 1. The topological polar surface area (TPSA) is 62.8 Å². The first-order chi connectivity index (χ1) is 13.1. The van der Waals surface area contributed by atoms with Crippen LogP contribution < -0.4 is 20.1 Å². The zero-order chi connectivity index (χ0) is 19.2. The van der Waals surface area contributed by atoms with Crippen molar-refractivity contribution in [2.45, 2.75) is 19.9 Å². The van der Waals surface area contributed by atoms with Crippen LogP contribution in [-0.4, -0.2) is 44.7 Å². The van der Waals surface area contributed by atoms with Gasteiger partial charge in [-0.25, -0.2) is 0 Å². The van der Waals surface area contributed by atoms with Gasteiger partial charge in [0, 0.05) is 33.1 Å². The summed E-state index contributed by atoms with van der Waals surface area (Å²) < 4.78 is 10.8. The van der Waals surface area contributed by atoms with Crippen molar-refractivity contribution in [1.29, 1.82) is 0 Å². The highest BCUT2D eigenvalue weighted by molar-refractivity contribution is 5.92. The molecule has 1 heterocycles. The van der Waals surface area contributed by atoms with Gasteiger partial charge in [-0.2, -0.15) is 0 Å². The van der Waals surface area contributed by atoms with E-state index in [1.807, 2.05) is 24.3 Å². The molecule has 0 aliphatic carbocycles. The summed E-state index contributed by atoms with van der Waals surface area (Å²) in [4.78, 5) is 13.8. The van der Waals surface area contributed by atoms with Gasteiger partial charge in [0.05, 0.1) is 25.6 Å². The zero-order valence-corrected chi connectivity index (χ0v) is 16.2. The Labute approximate surface area is 160 Å². The number of hydrogen-bond donors (Lipinski definition) is 2. The Morgan fingerprint density at radius 1 is 1.07 bits per heavy atom. The van der Waals surface area contributed by atoms with Crippen LogP contribution in [0.15, 0.2) is 36.4 Å². The summed E-state index contributed by atoms with van der Waals surface area (Å²) in [5.41, 5.74) is 4.37. The second-order valence-electron chi connectivity index (χ2n) is 6.66. The number of amides is 1. The van der Waals surface area contributed by atoms with Gasteiger partial charge < -0.3 is 20.1 Å². The lowest BCUT2D eigenvalue weighted by Gasteiger charge is -2.29. The molecule has 0 atom stereocenters. The molecule has 0 spiro atoms. The van der Waals surface area contributed by atoms with E-state index in [4.69, 9.17) is 9.47 Å². The van der Waals surface area contributed by atoms with Crippen LogP contribution in [0.1, 0.15) is 18.1 Å². The summed E-state index contributed by atoms with van der Waals surface area (Å²) >= 11 is 0. The Morgan fingerprint density at radius 2 is 1.74 bits per heavy atom. The second kappa shape index (κ2) is 8.77. The van der Waals surface area contributed by atoms with Crippen molar-refractivity contribution >= 4 is 17.3 Å². The quantitative estimate of drug-likeness (QED) is 0.785. The van der Waals surface area contributed by atoms with Crippen molar-refractivity contribution in [1.82, 2.24) is 4.90 Å². The largest absolute Gasteiger partial charge is 0.493 e. The third-order valence-electron chi connectivity index (χ3n) is 4.78. The van der Waals surface area contributed by atoms with E-state index in [9.17, 15) is 4.79 Å². The molecule has 144 valence electrons. The number of carbonyl (C=O) groups excluding carboxylic acids is 1. The average Bonchev–Trinajstić information content (AvgIpc) is 2.67. The monoisotopic (exact) mass is 369 g/mol. The number of ether oxygens (including phenoxy) is 2. The first-order valence-electron chi connectivity index (χ1n) is 9.17. The van der Waals surface area contributed by atoms with E-state index in [1.54, 1.807) is 14.2 Å². The molecule has 6 heteroatoms. The minimum Gasteiger partial charge on any atom is -0.493 e. The minimum atomic E-state index is -0.0683. The normalized spacial score (nSPS) is 13.6. The fraction of sp³-hybridized carbons (Fsp3) is 0.381. The molecule has 0 saturated heterocycles. The molecule has 0 saturated carbocycles. The summed E-state index contributed by atoms with van der Waals surface area (Å²) in [6.45, 7) is 5.15.